The van der Waals surface area contributed by atoms with Crippen LogP contribution in [-0.2, 0) is 24.2 Å². The number of carbonyl (C=O) groups excluding carboxylic acids is 1. The van der Waals surface area contributed by atoms with Crippen molar-refractivity contribution in [2.45, 2.75) is 30.5 Å². The van der Waals surface area contributed by atoms with E-state index in [2.05, 4.69) is 10.3 Å². The Morgan fingerprint density at radius 2 is 1.38 bits per heavy atom. The van der Waals surface area contributed by atoms with Crippen LogP contribution < -0.4 is 29.9 Å². The Morgan fingerprint density at radius 3 is 1.95 bits per heavy atom. The quantitative estimate of drug-likeness (QED) is 0.0813. The second kappa shape index (κ2) is 17.8. The van der Waals surface area contributed by atoms with E-state index in [-0.39, 0.29) is 24.6 Å². The zero-order chi connectivity index (χ0) is 40.7. The van der Waals surface area contributed by atoms with Crippen molar-refractivity contribution in [3.05, 3.63) is 183 Å². The number of phosphoric acid groups is 1. The number of halogens is 1. The van der Waals surface area contributed by atoms with Crippen LogP contribution >= 0.6 is 19.4 Å². The number of benzene rings is 5. The monoisotopic (exact) mass is 822 g/mol. The van der Waals surface area contributed by atoms with Crippen molar-refractivity contribution in [3.63, 3.8) is 0 Å². The van der Waals surface area contributed by atoms with Gasteiger partial charge in [-0.1, -0.05) is 84.4 Å². The number of nitrogens with zero attached hydrogens (tertiary/aromatic N) is 2. The normalized spacial score (nSPS) is 17.6. The molecule has 1 unspecified atom stereocenters. The van der Waals surface area contributed by atoms with Gasteiger partial charge in [-0.15, -0.1) is 0 Å². The van der Waals surface area contributed by atoms with Crippen molar-refractivity contribution < 1.29 is 42.2 Å². The van der Waals surface area contributed by atoms with Crippen LogP contribution in [0.2, 0.25) is 5.02 Å². The molecule has 0 radical (unpaired) electrons. The molecule has 1 aliphatic rings. The van der Waals surface area contributed by atoms with Gasteiger partial charge in [0.1, 0.15) is 41.0 Å². The van der Waals surface area contributed by atoms with E-state index in [9.17, 15) is 19.0 Å². The zero-order valence-corrected chi connectivity index (χ0v) is 33.0. The standard InChI is InChI=1S/C43H39ClN3O10P/c1-52-34-19-13-31(14-20-34)43(30-11-7-4-8-12-30,32-15-21-35(53-2)22-16-32)54-28-38-37(57-58(50,51)56-36-23-17-33(44)18-24-36)27-40(55-38)47-26-25-39(46-42(47)49)45-41(48)29-9-5-3-6-10-29/h3-26,37-38,40H,27-28H2,1-2H3,(H,50,51)(H,45,46,48,49)/p-1/t37-,38+,40+/m0/s1. The fourth-order valence-electron chi connectivity index (χ4n) is 6.70. The van der Waals surface area contributed by atoms with E-state index in [4.69, 9.17) is 39.6 Å². The molecule has 0 spiro atoms. The largest absolute Gasteiger partial charge is 0.746 e. The van der Waals surface area contributed by atoms with E-state index in [1.807, 2.05) is 78.9 Å². The van der Waals surface area contributed by atoms with Crippen molar-refractivity contribution in [2.75, 3.05) is 26.1 Å². The first-order chi connectivity index (χ1) is 28.1. The van der Waals surface area contributed by atoms with Crippen LogP contribution in [0.4, 0.5) is 5.82 Å². The van der Waals surface area contributed by atoms with Crippen molar-refractivity contribution in [1.29, 1.82) is 0 Å². The summed E-state index contributed by atoms with van der Waals surface area (Å²) in [6, 6.07) is 40.0. The number of rotatable bonds is 15. The first kappa shape index (κ1) is 40.4. The maximum atomic E-state index is 13.5. The van der Waals surface area contributed by atoms with Crippen LogP contribution in [-0.4, -0.2) is 48.5 Å². The van der Waals surface area contributed by atoms with Crippen molar-refractivity contribution >= 4 is 31.1 Å². The minimum atomic E-state index is -5.06. The van der Waals surface area contributed by atoms with Gasteiger partial charge < -0.3 is 38.2 Å². The number of anilines is 1. The summed E-state index contributed by atoms with van der Waals surface area (Å²) in [5.41, 5.74) is 0.551. The number of phosphoric ester groups is 1. The highest BCUT2D eigenvalue weighted by Gasteiger charge is 2.44. The molecular weight excluding hydrogens is 785 g/mol. The molecule has 1 amide bonds. The van der Waals surface area contributed by atoms with E-state index in [0.717, 1.165) is 16.7 Å². The van der Waals surface area contributed by atoms with Crippen molar-refractivity contribution in [2.24, 2.45) is 0 Å². The number of hydrogen-bond donors (Lipinski definition) is 1. The fraction of sp³-hybridized carbons (Fsp3) is 0.186. The number of hydrogen-bond acceptors (Lipinski definition) is 11. The Balaban J connectivity index is 1.23. The van der Waals surface area contributed by atoms with Crippen LogP contribution in [0.15, 0.2) is 151 Å². The number of methoxy groups -OCH3 is 2. The van der Waals surface area contributed by atoms with E-state index in [0.29, 0.717) is 22.1 Å². The molecule has 7 rings (SSSR count). The summed E-state index contributed by atoms with van der Waals surface area (Å²) in [6.45, 7) is -0.234. The van der Waals surface area contributed by atoms with Crippen LogP contribution in [0.5, 0.6) is 17.2 Å². The highest BCUT2D eigenvalue weighted by atomic mass is 35.5. The average Bonchev–Trinajstić information content (AvgIpc) is 3.63. The van der Waals surface area contributed by atoms with Crippen LogP contribution in [0, 0.1) is 0 Å². The van der Waals surface area contributed by atoms with Crippen molar-refractivity contribution in [1.82, 2.24) is 9.55 Å². The van der Waals surface area contributed by atoms with Crippen LogP contribution in [0.1, 0.15) is 39.7 Å². The Bertz CT molecular complexity index is 2370. The molecule has 0 bridgehead atoms. The topological polar surface area (TPSA) is 160 Å². The number of amides is 1. The fourth-order valence-corrected chi connectivity index (χ4v) is 7.81. The maximum Gasteiger partial charge on any atom is 0.351 e. The smallest absolute Gasteiger partial charge is 0.351 e. The van der Waals surface area contributed by atoms with Gasteiger partial charge >= 0.3 is 13.5 Å². The molecule has 1 fully saturated rings. The van der Waals surface area contributed by atoms with Gasteiger partial charge in [-0.2, -0.15) is 4.98 Å². The second-order valence-corrected chi connectivity index (χ2v) is 14.9. The van der Waals surface area contributed by atoms with Gasteiger partial charge in [0.05, 0.1) is 26.9 Å². The summed E-state index contributed by atoms with van der Waals surface area (Å²) in [6.07, 6.45) is -2.05. The number of carbonyl (C=O) groups is 1. The Kier molecular flexibility index (Phi) is 12.4. The summed E-state index contributed by atoms with van der Waals surface area (Å²) >= 11 is 5.99. The van der Waals surface area contributed by atoms with Gasteiger partial charge in [-0.25, -0.2) is 4.79 Å². The molecule has 298 valence electrons. The summed E-state index contributed by atoms with van der Waals surface area (Å²) in [4.78, 5) is 43.7. The lowest BCUT2D eigenvalue weighted by Crippen LogP contribution is -2.39. The molecule has 58 heavy (non-hydrogen) atoms. The molecule has 6 aromatic rings. The van der Waals surface area contributed by atoms with E-state index in [1.54, 1.807) is 44.6 Å². The molecule has 4 atom stereocenters. The van der Waals surface area contributed by atoms with E-state index in [1.165, 1.54) is 41.1 Å². The lowest BCUT2D eigenvalue weighted by atomic mass is 9.80. The van der Waals surface area contributed by atoms with Crippen LogP contribution in [0.3, 0.4) is 0 Å². The summed E-state index contributed by atoms with van der Waals surface area (Å²) < 4.78 is 50.1. The third-order valence-corrected chi connectivity index (χ3v) is 10.7. The predicted molar refractivity (Wildman–Crippen MR) is 214 cm³/mol. The van der Waals surface area contributed by atoms with Gasteiger partial charge in [0.15, 0.2) is 0 Å². The minimum absolute atomic E-state index is 0.0123. The molecule has 1 N–H and O–H groups in total. The lowest BCUT2D eigenvalue weighted by Gasteiger charge is -2.37. The summed E-state index contributed by atoms with van der Waals surface area (Å²) in [5.74, 6) is 0.824. The molecule has 15 heteroatoms. The average molecular weight is 823 g/mol. The maximum absolute atomic E-state index is 13.5. The van der Waals surface area contributed by atoms with E-state index < -0.39 is 43.5 Å². The number of aromatic nitrogens is 2. The Hall–Kier alpha value is -5.79. The molecule has 0 aliphatic carbocycles. The Morgan fingerprint density at radius 1 is 0.828 bits per heavy atom. The molecule has 13 nitrogen and oxygen atoms in total. The zero-order valence-electron chi connectivity index (χ0n) is 31.3. The molecule has 1 aromatic heterocycles. The summed E-state index contributed by atoms with van der Waals surface area (Å²) in [5, 5.41) is 3.01. The van der Waals surface area contributed by atoms with Gasteiger partial charge in [-0.3, -0.25) is 13.9 Å². The number of nitrogens with one attached hydrogen (secondary N) is 1. The third-order valence-electron chi connectivity index (χ3n) is 9.53. The molecule has 1 saturated heterocycles. The molecular formula is C43H38ClN3O10P-. The molecule has 2 heterocycles. The molecule has 5 aromatic carbocycles. The van der Waals surface area contributed by atoms with Gasteiger partial charge in [-0.05, 0) is 83.4 Å². The predicted octanol–water partition coefficient (Wildman–Crippen LogP) is 7.40. The highest BCUT2D eigenvalue weighted by Crippen LogP contribution is 2.47. The van der Waals surface area contributed by atoms with Gasteiger partial charge in [0, 0.05) is 23.2 Å². The van der Waals surface area contributed by atoms with Gasteiger partial charge in [0.25, 0.3) is 5.91 Å². The number of ether oxygens (including phenoxy) is 4. The summed E-state index contributed by atoms with van der Waals surface area (Å²) in [7, 11) is -1.91. The third kappa shape index (κ3) is 9.16. The lowest BCUT2D eigenvalue weighted by molar-refractivity contribution is -0.223. The second-order valence-electron chi connectivity index (χ2n) is 13.1. The highest BCUT2D eigenvalue weighted by molar-refractivity contribution is 7.46. The minimum Gasteiger partial charge on any atom is -0.746 e. The van der Waals surface area contributed by atoms with Gasteiger partial charge in [0.2, 0.25) is 0 Å². The first-order valence-corrected chi connectivity index (χ1v) is 19.9. The van der Waals surface area contributed by atoms with Crippen molar-refractivity contribution in [3.8, 4) is 17.2 Å². The SMILES string of the molecule is COc1ccc(C(OC[C@H]2O[C@@H](n3ccc(NC(=O)c4ccccc4)nc3=O)C[C@@H]2OP(=O)([O-])Oc2ccc(Cl)cc2)(c2ccccc2)c2ccc(OC)cc2)cc1. The van der Waals surface area contributed by atoms with E-state index >= 15 is 0 Å². The molecule has 0 saturated carbocycles. The van der Waals surface area contributed by atoms with Crippen LogP contribution in [0.25, 0.3) is 0 Å². The Labute approximate surface area is 339 Å². The first-order valence-electron chi connectivity index (χ1n) is 18.1. The molecule has 1 aliphatic heterocycles.